The molecular formula is C38H32N8. The van der Waals surface area contributed by atoms with Crippen molar-refractivity contribution in [3.05, 3.63) is 118 Å². The summed E-state index contributed by atoms with van der Waals surface area (Å²) < 4.78 is 0. The van der Waals surface area contributed by atoms with Gasteiger partial charge in [0, 0.05) is 43.1 Å². The lowest BCUT2D eigenvalue weighted by atomic mass is 9.99. The number of unbranched alkanes of at least 4 members (excludes halogenated alkanes) is 2. The molecule has 0 amide bonds. The van der Waals surface area contributed by atoms with E-state index in [1.165, 1.54) is 18.4 Å². The second kappa shape index (κ2) is 10.4. The molecule has 8 bridgehead atoms. The van der Waals surface area contributed by atoms with E-state index in [1.807, 2.05) is 36.4 Å². The summed E-state index contributed by atoms with van der Waals surface area (Å²) in [5, 5.41) is 8.22. The van der Waals surface area contributed by atoms with Crippen molar-refractivity contribution in [1.29, 1.82) is 0 Å². The minimum Gasteiger partial charge on any atom is -0.324 e. The largest absolute Gasteiger partial charge is 0.324 e. The van der Waals surface area contributed by atoms with Crippen LogP contribution in [0.5, 0.6) is 0 Å². The number of hydrogen-bond acceptors (Lipinski definition) is 4. The Morgan fingerprint density at radius 1 is 0.457 bits per heavy atom. The summed E-state index contributed by atoms with van der Waals surface area (Å²) in [5.74, 6) is 3.05. The minimum atomic E-state index is 0.737. The van der Waals surface area contributed by atoms with E-state index < -0.39 is 0 Å². The van der Waals surface area contributed by atoms with E-state index >= 15 is 0 Å². The lowest BCUT2D eigenvalue weighted by molar-refractivity contribution is 0.719. The number of benzene rings is 4. The van der Waals surface area contributed by atoms with Gasteiger partial charge in [0.25, 0.3) is 0 Å². The standard InChI is InChI=1S/C38H32N8/c1-3-4-5-12-22-20-19-21(2)29-30(22)38-45-36-28-18-11-9-16-26(28)34(43-36)41-32-24-14-7-6-13-23(24)31(39-32)40-33-25-15-8-10-17-27(25)35(42-33)44-37(29)46-38/h6-11,13-20H,3-5,12H2,1-2H3,(H4,39,40,41,42,43,44,45,46). The number of aromatic nitrogens is 4. The van der Waals surface area contributed by atoms with Crippen molar-refractivity contribution in [3.63, 3.8) is 0 Å². The van der Waals surface area contributed by atoms with E-state index in [1.54, 1.807) is 0 Å². The van der Waals surface area contributed by atoms with Gasteiger partial charge in [0.15, 0.2) is 0 Å². The third-order valence-corrected chi connectivity index (χ3v) is 9.18. The van der Waals surface area contributed by atoms with Crippen LogP contribution in [-0.2, 0) is 6.42 Å². The van der Waals surface area contributed by atoms with Gasteiger partial charge in [-0.25, -0.2) is 20.0 Å². The molecule has 8 aromatic rings. The zero-order valence-corrected chi connectivity index (χ0v) is 25.7. The Hall–Kier alpha value is -5.76. The van der Waals surface area contributed by atoms with Crippen LogP contribution >= 0.6 is 0 Å². The first-order valence-corrected chi connectivity index (χ1v) is 16.0. The highest BCUT2D eigenvalue weighted by atomic mass is 15.1. The topological polar surface area (TPSA) is 113 Å². The van der Waals surface area contributed by atoms with Crippen molar-refractivity contribution in [3.8, 4) is 0 Å². The Kier molecular flexibility index (Phi) is 6.03. The van der Waals surface area contributed by atoms with E-state index in [9.17, 15) is 0 Å². The van der Waals surface area contributed by atoms with Crippen molar-refractivity contribution in [1.82, 2.24) is 19.9 Å². The third kappa shape index (κ3) is 4.14. The van der Waals surface area contributed by atoms with Gasteiger partial charge in [-0.15, -0.1) is 0 Å². The maximum atomic E-state index is 5.31. The highest BCUT2D eigenvalue weighted by molar-refractivity contribution is 6.04. The van der Waals surface area contributed by atoms with Crippen LogP contribution in [0.4, 0.5) is 23.3 Å². The van der Waals surface area contributed by atoms with Crippen LogP contribution in [0, 0.1) is 6.92 Å². The molecule has 0 fully saturated rings. The van der Waals surface area contributed by atoms with E-state index in [-0.39, 0.29) is 0 Å². The number of nitrogens with one attached hydrogen (secondary N) is 4. The molecule has 9 rings (SSSR count). The zero-order chi connectivity index (χ0) is 30.8. The van der Waals surface area contributed by atoms with Gasteiger partial charge in [0.2, 0.25) is 0 Å². The molecule has 4 aromatic carbocycles. The lowest BCUT2D eigenvalue weighted by Crippen LogP contribution is -2.10. The normalized spacial score (nSPS) is 12.7. The lowest BCUT2D eigenvalue weighted by Gasteiger charge is -2.06. The van der Waals surface area contributed by atoms with Crippen LogP contribution in [0.15, 0.2) is 105 Å². The molecule has 0 radical (unpaired) electrons. The fraction of sp³-hybridized carbons (Fsp3) is 0.158. The molecule has 8 heteroatoms. The molecule has 0 spiro atoms. The molecule has 46 heavy (non-hydrogen) atoms. The maximum Gasteiger partial charge on any atom is 0.142 e. The number of fused-ring (bicyclic) bond motifs is 20. The van der Waals surface area contributed by atoms with E-state index in [4.69, 9.17) is 20.0 Å². The Morgan fingerprint density at radius 2 is 0.891 bits per heavy atom. The summed E-state index contributed by atoms with van der Waals surface area (Å²) in [7, 11) is 0. The second-order valence-corrected chi connectivity index (χ2v) is 12.1. The van der Waals surface area contributed by atoms with Crippen molar-refractivity contribution in [2.45, 2.75) is 39.5 Å². The number of aryl methyl sites for hydroxylation is 2. The van der Waals surface area contributed by atoms with Crippen LogP contribution in [0.2, 0.25) is 0 Å². The van der Waals surface area contributed by atoms with Gasteiger partial charge >= 0.3 is 0 Å². The van der Waals surface area contributed by atoms with Gasteiger partial charge in [-0.3, -0.25) is 0 Å². The predicted octanol–water partition coefficient (Wildman–Crippen LogP) is 7.77. The molecule has 0 aliphatic carbocycles. The summed E-state index contributed by atoms with van der Waals surface area (Å²) in [4.78, 5) is 35.2. The van der Waals surface area contributed by atoms with Gasteiger partial charge in [0.05, 0.1) is 0 Å². The summed E-state index contributed by atoms with van der Waals surface area (Å²) in [6.45, 7) is 4.40. The zero-order valence-electron chi connectivity index (χ0n) is 25.7. The monoisotopic (exact) mass is 600 g/mol. The number of H-pyrrole nitrogens is 4. The van der Waals surface area contributed by atoms with Crippen molar-refractivity contribution >= 4 is 66.4 Å². The van der Waals surface area contributed by atoms with Crippen LogP contribution in [0.25, 0.3) is 43.1 Å². The van der Waals surface area contributed by atoms with Gasteiger partial charge in [-0.1, -0.05) is 105 Å². The van der Waals surface area contributed by atoms with Gasteiger partial charge < -0.3 is 19.9 Å². The van der Waals surface area contributed by atoms with E-state index in [0.29, 0.717) is 0 Å². The maximum absolute atomic E-state index is 5.31. The molecule has 0 unspecified atom stereocenters. The fourth-order valence-electron chi connectivity index (χ4n) is 6.91. The Bertz CT molecular complexity index is 2730. The molecule has 4 aromatic heterocycles. The number of aromatic amines is 4. The minimum absolute atomic E-state index is 0.737. The molecule has 5 heterocycles. The average Bonchev–Trinajstić information content (AvgIpc) is 3.82. The first kappa shape index (κ1) is 26.6. The van der Waals surface area contributed by atoms with Crippen molar-refractivity contribution in [2.75, 3.05) is 0 Å². The first-order valence-electron chi connectivity index (χ1n) is 16.0. The summed E-state index contributed by atoms with van der Waals surface area (Å²) in [6, 6.07) is 29.2. The predicted molar refractivity (Wildman–Crippen MR) is 184 cm³/mol. The molecule has 1 aliphatic rings. The molecule has 0 atom stereocenters. The van der Waals surface area contributed by atoms with Gasteiger partial charge in [0.1, 0.15) is 45.2 Å². The molecule has 1 aliphatic heterocycles. The highest BCUT2D eigenvalue weighted by Gasteiger charge is 2.18. The number of rotatable bonds is 4. The summed E-state index contributed by atoms with van der Waals surface area (Å²) in [5.41, 5.74) is 5.42. The molecule has 8 nitrogen and oxygen atoms in total. The molecule has 224 valence electrons. The van der Waals surface area contributed by atoms with E-state index in [2.05, 4.69) is 82.3 Å². The van der Waals surface area contributed by atoms with E-state index in [0.717, 1.165) is 107 Å². The van der Waals surface area contributed by atoms with Crippen LogP contribution in [0.3, 0.4) is 0 Å². The summed E-state index contributed by atoms with van der Waals surface area (Å²) in [6.07, 6.45) is 4.46. The fourth-order valence-corrected chi connectivity index (χ4v) is 6.91. The Morgan fingerprint density at radius 3 is 1.39 bits per heavy atom. The number of nitrogens with zero attached hydrogens (tertiary/aromatic N) is 4. The van der Waals surface area contributed by atoms with Crippen LogP contribution < -0.4 is 22.0 Å². The van der Waals surface area contributed by atoms with Crippen LogP contribution in [-0.4, -0.2) is 19.9 Å². The van der Waals surface area contributed by atoms with Gasteiger partial charge in [-0.2, -0.15) is 0 Å². The molecule has 4 N–H and O–H groups in total. The van der Waals surface area contributed by atoms with Gasteiger partial charge in [-0.05, 0) is 30.9 Å². The van der Waals surface area contributed by atoms with Crippen LogP contribution in [0.1, 0.15) is 37.3 Å². The highest BCUT2D eigenvalue weighted by Crippen LogP contribution is 2.39. The van der Waals surface area contributed by atoms with Crippen molar-refractivity contribution in [2.24, 2.45) is 20.0 Å². The molecular weight excluding hydrogens is 568 g/mol. The van der Waals surface area contributed by atoms with Crippen molar-refractivity contribution < 1.29 is 0 Å². The first-order chi connectivity index (χ1) is 22.7. The molecule has 0 saturated heterocycles. The third-order valence-electron chi connectivity index (χ3n) is 9.18. The Labute approximate surface area is 263 Å². The quantitative estimate of drug-likeness (QED) is 0.148. The summed E-state index contributed by atoms with van der Waals surface area (Å²) >= 11 is 0. The molecule has 0 saturated carbocycles. The SMILES string of the molecule is CCCCCc1ccc(C)c2c3[nH]c(c12)N=c1[nH]c(c2ccccc12)=Nc1[nH]c(c2ccccc12)N=c1[nH]c(c2ccccc12)=N3. The second-order valence-electron chi connectivity index (χ2n) is 12.1. The smallest absolute Gasteiger partial charge is 0.142 e. The Balaban J connectivity index is 1.47. The average molecular weight is 601 g/mol. The number of hydrogen-bond donors (Lipinski definition) is 4.